The average Bonchev–Trinajstić information content (AvgIpc) is 3.50. The van der Waals surface area contributed by atoms with Crippen LogP contribution in [-0.2, 0) is 40.0 Å². The SMILES string of the molecule is CC(C)C[C@H](NC(=O)[C@H](CC(C)C)NC(=O)[C@@H](N)Cc1c[nH]c2ccccc12)C(=O)N[C@@H](C)C(=O)N[C@@H](CCC(N)=O)C(=O)N[C@@H](CCCCN)C(N)=O. The highest BCUT2D eigenvalue weighted by molar-refractivity contribution is 5.96. The van der Waals surface area contributed by atoms with Gasteiger partial charge in [-0.1, -0.05) is 45.9 Å². The molecule has 0 aliphatic heterocycles. The molecule has 300 valence electrons. The van der Waals surface area contributed by atoms with Crippen LogP contribution in [0, 0.1) is 11.8 Å². The van der Waals surface area contributed by atoms with Crippen molar-refractivity contribution in [2.24, 2.45) is 34.8 Å². The summed E-state index contributed by atoms with van der Waals surface area (Å²) < 4.78 is 0. The van der Waals surface area contributed by atoms with Crippen LogP contribution in [-0.4, -0.2) is 89.1 Å². The number of hydrogen-bond acceptors (Lipinski definition) is 9. The number of rotatable bonds is 24. The van der Waals surface area contributed by atoms with Gasteiger partial charge in [-0.25, -0.2) is 0 Å². The van der Waals surface area contributed by atoms with Crippen molar-refractivity contribution >= 4 is 52.3 Å². The highest BCUT2D eigenvalue weighted by Gasteiger charge is 2.32. The Morgan fingerprint density at radius 2 is 1.20 bits per heavy atom. The number of benzene rings is 1. The molecule has 54 heavy (non-hydrogen) atoms. The summed E-state index contributed by atoms with van der Waals surface area (Å²) in [7, 11) is 0. The summed E-state index contributed by atoms with van der Waals surface area (Å²) in [6, 6.07) is 1.09. The lowest BCUT2D eigenvalue weighted by molar-refractivity contribution is -0.135. The lowest BCUT2D eigenvalue weighted by Crippen LogP contribution is -2.59. The van der Waals surface area contributed by atoms with E-state index in [-0.39, 0.29) is 50.4 Å². The normalized spacial score (nSPS) is 14.7. The Hall–Kier alpha value is -5.03. The molecular formula is C37H60N10O7. The maximum Gasteiger partial charge on any atom is 0.243 e. The van der Waals surface area contributed by atoms with Crippen molar-refractivity contribution in [3.8, 4) is 0 Å². The largest absolute Gasteiger partial charge is 0.370 e. The van der Waals surface area contributed by atoms with Gasteiger partial charge in [-0.3, -0.25) is 33.6 Å². The first kappa shape index (κ1) is 45.1. The van der Waals surface area contributed by atoms with Crippen LogP contribution in [0.2, 0.25) is 0 Å². The van der Waals surface area contributed by atoms with Crippen LogP contribution >= 0.6 is 0 Å². The maximum atomic E-state index is 13.7. The van der Waals surface area contributed by atoms with Gasteiger partial charge < -0.3 is 54.5 Å². The lowest BCUT2D eigenvalue weighted by atomic mass is 9.99. The van der Waals surface area contributed by atoms with Gasteiger partial charge in [0.05, 0.1) is 6.04 Å². The molecule has 6 atom stereocenters. The molecule has 0 bridgehead atoms. The number of unbranched alkanes of at least 4 members (excludes halogenated alkanes) is 1. The standard InChI is InChI=1S/C37H60N10O7/c1-20(2)16-29(47-37(54)30(17-21(3)4)46-34(51)25(39)18-23-19-42-26-11-7-6-10-24(23)26)36(53)43-22(5)33(50)45-28(13-14-31(40)48)35(52)44-27(32(41)49)12-8-9-15-38/h6-7,10-11,19-22,25,27-30,42H,8-9,12-18,38-39H2,1-5H3,(H2,40,48)(H2,41,49)(H,43,53)(H,44,52)(H,45,50)(H,46,51)(H,47,54)/t22-,25-,27-,28-,29-,30-/m0/s1. The zero-order valence-electron chi connectivity index (χ0n) is 32.0. The van der Waals surface area contributed by atoms with Crippen LogP contribution in [0.4, 0.5) is 0 Å². The number of para-hydroxylation sites is 1. The second-order valence-corrected chi connectivity index (χ2v) is 14.6. The molecule has 0 spiro atoms. The zero-order chi connectivity index (χ0) is 40.5. The Bertz CT molecular complexity index is 1590. The lowest BCUT2D eigenvalue weighted by Gasteiger charge is -2.27. The number of fused-ring (bicyclic) bond motifs is 1. The molecule has 0 saturated carbocycles. The third-order valence-electron chi connectivity index (χ3n) is 8.80. The molecule has 0 saturated heterocycles. The van der Waals surface area contributed by atoms with Crippen LogP contribution in [0.1, 0.15) is 85.1 Å². The van der Waals surface area contributed by atoms with E-state index in [4.69, 9.17) is 22.9 Å². The van der Waals surface area contributed by atoms with Gasteiger partial charge in [0, 0.05) is 23.5 Å². The highest BCUT2D eigenvalue weighted by Crippen LogP contribution is 2.19. The second kappa shape index (κ2) is 22.2. The van der Waals surface area contributed by atoms with Crippen molar-refractivity contribution in [1.29, 1.82) is 0 Å². The second-order valence-electron chi connectivity index (χ2n) is 14.6. The van der Waals surface area contributed by atoms with E-state index in [0.29, 0.717) is 19.4 Å². The molecule has 17 nitrogen and oxygen atoms in total. The van der Waals surface area contributed by atoms with Gasteiger partial charge in [-0.2, -0.15) is 0 Å². The van der Waals surface area contributed by atoms with Gasteiger partial charge in [0.2, 0.25) is 41.4 Å². The number of nitrogens with one attached hydrogen (secondary N) is 6. The highest BCUT2D eigenvalue weighted by atomic mass is 16.2. The van der Waals surface area contributed by atoms with Crippen molar-refractivity contribution in [3.05, 3.63) is 36.0 Å². The Balaban J connectivity index is 2.13. The number of hydrogen-bond donors (Lipinski definition) is 10. The minimum Gasteiger partial charge on any atom is -0.370 e. The Morgan fingerprint density at radius 3 is 1.78 bits per heavy atom. The van der Waals surface area contributed by atoms with Crippen LogP contribution < -0.4 is 49.5 Å². The Morgan fingerprint density at radius 1 is 0.667 bits per heavy atom. The number of amides is 7. The Labute approximate surface area is 316 Å². The number of primary amides is 2. The summed E-state index contributed by atoms with van der Waals surface area (Å²) in [5, 5.41) is 14.1. The summed E-state index contributed by atoms with van der Waals surface area (Å²) in [5.74, 6) is -4.86. The van der Waals surface area contributed by atoms with E-state index in [1.165, 1.54) is 6.92 Å². The topological polar surface area (TPSA) is 300 Å². The molecule has 0 radical (unpaired) electrons. The summed E-state index contributed by atoms with van der Waals surface area (Å²) in [5.41, 5.74) is 24.3. The van der Waals surface area contributed by atoms with E-state index in [9.17, 15) is 33.6 Å². The van der Waals surface area contributed by atoms with E-state index >= 15 is 0 Å². The van der Waals surface area contributed by atoms with Crippen molar-refractivity contribution in [3.63, 3.8) is 0 Å². The molecule has 2 rings (SSSR count). The molecule has 2 aromatic rings. The molecule has 1 aromatic carbocycles. The van der Waals surface area contributed by atoms with Gasteiger partial charge in [-0.15, -0.1) is 0 Å². The first-order chi connectivity index (χ1) is 25.4. The molecule has 0 aliphatic rings. The molecular weight excluding hydrogens is 696 g/mol. The summed E-state index contributed by atoms with van der Waals surface area (Å²) in [6.45, 7) is 9.28. The first-order valence-corrected chi connectivity index (χ1v) is 18.5. The monoisotopic (exact) mass is 756 g/mol. The van der Waals surface area contributed by atoms with Crippen LogP contribution in [0.3, 0.4) is 0 Å². The van der Waals surface area contributed by atoms with Gasteiger partial charge in [0.1, 0.15) is 30.2 Å². The first-order valence-electron chi connectivity index (χ1n) is 18.5. The summed E-state index contributed by atoms with van der Waals surface area (Å²) >= 11 is 0. The number of aromatic amines is 1. The van der Waals surface area contributed by atoms with Crippen molar-refractivity contribution in [2.75, 3.05) is 6.54 Å². The fourth-order valence-electron chi connectivity index (χ4n) is 5.87. The minimum absolute atomic E-state index is 0.00381. The summed E-state index contributed by atoms with van der Waals surface area (Å²) in [6.07, 6.45) is 3.42. The number of nitrogens with two attached hydrogens (primary N) is 4. The van der Waals surface area contributed by atoms with Crippen LogP contribution in [0.15, 0.2) is 30.5 Å². The molecule has 17 heteroatoms. The maximum absolute atomic E-state index is 13.7. The third kappa shape index (κ3) is 15.1. The number of H-pyrrole nitrogens is 1. The smallest absolute Gasteiger partial charge is 0.243 e. The third-order valence-corrected chi connectivity index (χ3v) is 8.80. The van der Waals surface area contributed by atoms with Crippen molar-refractivity contribution in [1.82, 2.24) is 31.6 Å². The van der Waals surface area contributed by atoms with E-state index in [0.717, 1.165) is 16.5 Å². The molecule has 1 aromatic heterocycles. The van der Waals surface area contributed by atoms with Gasteiger partial charge >= 0.3 is 0 Å². The van der Waals surface area contributed by atoms with Crippen molar-refractivity contribution in [2.45, 2.75) is 122 Å². The molecule has 1 heterocycles. The van der Waals surface area contributed by atoms with E-state index in [2.05, 4.69) is 31.6 Å². The predicted octanol–water partition coefficient (Wildman–Crippen LogP) is -0.546. The zero-order valence-corrected chi connectivity index (χ0v) is 32.0. The van der Waals surface area contributed by atoms with E-state index in [1.54, 1.807) is 6.20 Å². The molecule has 7 amide bonds. The van der Waals surface area contributed by atoms with Gasteiger partial charge in [-0.05, 0) is 81.9 Å². The predicted molar refractivity (Wildman–Crippen MR) is 205 cm³/mol. The number of aromatic nitrogens is 1. The number of carbonyl (C=O) groups is 7. The quantitative estimate of drug-likeness (QED) is 0.0614. The molecule has 0 fully saturated rings. The fraction of sp³-hybridized carbons (Fsp3) is 0.595. The molecule has 0 aliphatic carbocycles. The van der Waals surface area contributed by atoms with E-state index in [1.807, 2.05) is 52.0 Å². The van der Waals surface area contributed by atoms with E-state index < -0.39 is 77.6 Å². The number of carbonyl (C=O) groups excluding carboxylic acids is 7. The fourth-order valence-corrected chi connectivity index (χ4v) is 5.87. The average molecular weight is 757 g/mol. The van der Waals surface area contributed by atoms with Gasteiger partial charge in [0.15, 0.2) is 0 Å². The van der Waals surface area contributed by atoms with Crippen LogP contribution in [0.25, 0.3) is 10.9 Å². The molecule has 0 unspecified atom stereocenters. The minimum atomic E-state index is -1.28. The Kier molecular flexibility index (Phi) is 18.6. The van der Waals surface area contributed by atoms with Crippen molar-refractivity contribution < 1.29 is 33.6 Å². The molecule has 14 N–H and O–H groups in total. The summed E-state index contributed by atoms with van der Waals surface area (Å²) in [4.78, 5) is 93.5. The van der Waals surface area contributed by atoms with Gasteiger partial charge in [0.25, 0.3) is 0 Å². The van der Waals surface area contributed by atoms with Crippen LogP contribution in [0.5, 0.6) is 0 Å².